The molecule has 0 aliphatic heterocycles. The zero-order valence-electron chi connectivity index (χ0n) is 16.5. The molecule has 1 aromatic heterocycles. The lowest BCUT2D eigenvalue weighted by Gasteiger charge is -2.08. The van der Waals surface area contributed by atoms with Crippen molar-refractivity contribution >= 4 is 28.5 Å². The summed E-state index contributed by atoms with van der Waals surface area (Å²) in [7, 11) is 1.51. The first-order valence-corrected chi connectivity index (χ1v) is 9.24. The molecule has 0 spiro atoms. The Morgan fingerprint density at radius 1 is 1.14 bits per heavy atom. The zero-order valence-corrected chi connectivity index (χ0v) is 16.5. The van der Waals surface area contributed by atoms with Crippen molar-refractivity contribution in [2.45, 2.75) is 26.7 Å². The Labute approximate surface area is 167 Å². The maximum atomic E-state index is 12.9. The van der Waals surface area contributed by atoms with Gasteiger partial charge < -0.3 is 19.3 Å². The topological polar surface area (TPSA) is 90.1 Å². The van der Waals surface area contributed by atoms with E-state index >= 15 is 0 Å². The highest BCUT2D eigenvalue weighted by molar-refractivity contribution is 6.05. The van der Waals surface area contributed by atoms with Crippen molar-refractivity contribution in [3.8, 4) is 5.75 Å². The molecule has 150 valence electrons. The van der Waals surface area contributed by atoms with Gasteiger partial charge in [0.05, 0.1) is 7.11 Å². The number of para-hydroxylation sites is 1. The SMILES string of the molecule is CCCC(=O)O/N=c1\oc2c(OC)cccc2cc1C(=O)Nc1ccc(C)cc1. The second kappa shape index (κ2) is 9.05. The van der Waals surface area contributed by atoms with Gasteiger partial charge in [0.15, 0.2) is 11.3 Å². The number of amides is 1. The van der Waals surface area contributed by atoms with Gasteiger partial charge in [-0.1, -0.05) is 36.8 Å². The first-order valence-electron chi connectivity index (χ1n) is 9.24. The van der Waals surface area contributed by atoms with E-state index in [1.54, 1.807) is 36.4 Å². The van der Waals surface area contributed by atoms with Crippen molar-refractivity contribution in [1.29, 1.82) is 0 Å². The minimum absolute atomic E-state index is 0.115. The highest BCUT2D eigenvalue weighted by Gasteiger charge is 2.16. The minimum Gasteiger partial charge on any atom is -0.493 e. The standard InChI is InChI=1S/C22H22N2O5/c1-4-6-19(25)29-24-22-17(21(26)23-16-11-9-14(2)10-12-16)13-15-7-5-8-18(27-3)20(15)28-22/h5,7-13H,4,6H2,1-3H3,(H,23,26)/b24-22-. The highest BCUT2D eigenvalue weighted by Crippen LogP contribution is 2.24. The van der Waals surface area contributed by atoms with Gasteiger partial charge in [-0.25, -0.2) is 4.79 Å². The van der Waals surface area contributed by atoms with Gasteiger partial charge in [0.1, 0.15) is 5.56 Å². The molecular weight excluding hydrogens is 372 g/mol. The van der Waals surface area contributed by atoms with Crippen LogP contribution in [0.15, 0.2) is 58.1 Å². The number of nitrogens with one attached hydrogen (secondary N) is 1. The van der Waals surface area contributed by atoms with Crippen LogP contribution in [-0.2, 0) is 9.63 Å². The van der Waals surface area contributed by atoms with E-state index in [1.165, 1.54) is 7.11 Å². The minimum atomic E-state index is -0.507. The van der Waals surface area contributed by atoms with Crippen molar-refractivity contribution < 1.29 is 23.6 Å². The number of carbonyl (C=O) groups is 2. The second-order valence-corrected chi connectivity index (χ2v) is 6.47. The van der Waals surface area contributed by atoms with Crippen LogP contribution in [-0.4, -0.2) is 19.0 Å². The van der Waals surface area contributed by atoms with Crippen LogP contribution in [0.2, 0.25) is 0 Å². The molecule has 2 aromatic carbocycles. The van der Waals surface area contributed by atoms with Crippen LogP contribution in [0.4, 0.5) is 5.69 Å². The molecule has 1 heterocycles. The Kier molecular flexibility index (Phi) is 6.29. The summed E-state index contributed by atoms with van der Waals surface area (Å²) in [6.45, 7) is 3.82. The highest BCUT2D eigenvalue weighted by atomic mass is 16.7. The maximum absolute atomic E-state index is 12.9. The number of fused-ring (bicyclic) bond motifs is 1. The van der Waals surface area contributed by atoms with Gasteiger partial charge in [-0.2, -0.15) is 0 Å². The molecule has 0 aliphatic rings. The Balaban J connectivity index is 2.06. The maximum Gasteiger partial charge on any atom is 0.335 e. The van der Waals surface area contributed by atoms with Crippen LogP contribution < -0.4 is 15.6 Å². The van der Waals surface area contributed by atoms with Crippen LogP contribution in [0, 0.1) is 6.92 Å². The Bertz CT molecular complexity index is 1100. The average molecular weight is 394 g/mol. The van der Waals surface area contributed by atoms with Gasteiger partial charge in [0.25, 0.3) is 11.5 Å². The average Bonchev–Trinajstić information content (AvgIpc) is 2.73. The Morgan fingerprint density at radius 2 is 1.90 bits per heavy atom. The summed E-state index contributed by atoms with van der Waals surface area (Å²) in [5.74, 6) is -0.468. The second-order valence-electron chi connectivity index (χ2n) is 6.47. The lowest BCUT2D eigenvalue weighted by atomic mass is 10.1. The number of anilines is 1. The number of rotatable bonds is 6. The van der Waals surface area contributed by atoms with E-state index in [1.807, 2.05) is 26.0 Å². The monoisotopic (exact) mass is 394 g/mol. The quantitative estimate of drug-likeness (QED) is 0.501. The normalized spacial score (nSPS) is 11.3. The van der Waals surface area contributed by atoms with Crippen molar-refractivity contribution in [2.75, 3.05) is 12.4 Å². The summed E-state index contributed by atoms with van der Waals surface area (Å²) in [5, 5.41) is 7.25. The molecule has 1 N–H and O–H groups in total. The summed E-state index contributed by atoms with van der Waals surface area (Å²) < 4.78 is 11.1. The van der Waals surface area contributed by atoms with Gasteiger partial charge in [0, 0.05) is 17.5 Å². The Hall–Kier alpha value is -3.61. The summed E-state index contributed by atoms with van der Waals surface area (Å²) in [4.78, 5) is 29.5. The van der Waals surface area contributed by atoms with Crippen LogP contribution >= 0.6 is 0 Å². The molecule has 3 aromatic rings. The number of benzene rings is 2. The van der Waals surface area contributed by atoms with Crippen LogP contribution in [0.3, 0.4) is 0 Å². The van der Waals surface area contributed by atoms with E-state index in [2.05, 4.69) is 10.5 Å². The van der Waals surface area contributed by atoms with Crippen molar-refractivity contribution in [1.82, 2.24) is 0 Å². The zero-order chi connectivity index (χ0) is 20.8. The van der Waals surface area contributed by atoms with Crippen LogP contribution in [0.1, 0.15) is 35.7 Å². The van der Waals surface area contributed by atoms with Crippen LogP contribution in [0.25, 0.3) is 11.0 Å². The van der Waals surface area contributed by atoms with Gasteiger partial charge in [-0.15, -0.1) is 0 Å². The molecule has 7 nitrogen and oxygen atoms in total. The molecule has 0 saturated carbocycles. The predicted octanol–water partition coefficient (Wildman–Crippen LogP) is 4.16. The van der Waals surface area contributed by atoms with Gasteiger partial charge in [-0.3, -0.25) is 4.79 Å². The lowest BCUT2D eigenvalue weighted by Crippen LogP contribution is -2.22. The third kappa shape index (κ3) is 4.82. The van der Waals surface area contributed by atoms with Crippen molar-refractivity contribution in [3.05, 3.63) is 65.2 Å². The molecule has 7 heteroatoms. The molecule has 0 aliphatic carbocycles. The molecule has 1 amide bonds. The van der Waals surface area contributed by atoms with E-state index in [4.69, 9.17) is 14.0 Å². The van der Waals surface area contributed by atoms with E-state index in [0.717, 1.165) is 5.56 Å². The van der Waals surface area contributed by atoms with E-state index in [-0.39, 0.29) is 17.5 Å². The number of methoxy groups -OCH3 is 1. The number of hydrogen-bond acceptors (Lipinski definition) is 6. The third-order valence-corrected chi connectivity index (χ3v) is 4.20. The van der Waals surface area contributed by atoms with Gasteiger partial charge in [0.2, 0.25) is 0 Å². The fraction of sp³-hybridized carbons (Fsp3) is 0.227. The molecule has 0 unspecified atom stereocenters. The molecule has 29 heavy (non-hydrogen) atoms. The molecule has 0 fully saturated rings. The number of ether oxygens (including phenoxy) is 1. The summed E-state index contributed by atoms with van der Waals surface area (Å²) in [6, 6.07) is 14.3. The van der Waals surface area contributed by atoms with E-state index in [9.17, 15) is 9.59 Å². The van der Waals surface area contributed by atoms with Gasteiger partial charge in [-0.05, 0) is 42.8 Å². The molecular formula is C22H22N2O5. The van der Waals surface area contributed by atoms with E-state index in [0.29, 0.717) is 28.8 Å². The first-order chi connectivity index (χ1) is 14.0. The molecule has 0 bridgehead atoms. The molecule has 0 atom stereocenters. The smallest absolute Gasteiger partial charge is 0.335 e. The summed E-state index contributed by atoms with van der Waals surface area (Å²) in [5.41, 5.74) is 2.12. The third-order valence-electron chi connectivity index (χ3n) is 4.20. The molecule has 0 radical (unpaired) electrons. The number of hydrogen-bond donors (Lipinski definition) is 1. The fourth-order valence-electron chi connectivity index (χ4n) is 2.69. The van der Waals surface area contributed by atoms with Crippen LogP contribution in [0.5, 0.6) is 5.75 Å². The van der Waals surface area contributed by atoms with E-state index < -0.39 is 11.9 Å². The predicted molar refractivity (Wildman–Crippen MR) is 108 cm³/mol. The largest absolute Gasteiger partial charge is 0.493 e. The summed E-state index contributed by atoms with van der Waals surface area (Å²) in [6.07, 6.45) is 0.836. The Morgan fingerprint density at radius 3 is 2.59 bits per heavy atom. The van der Waals surface area contributed by atoms with Crippen molar-refractivity contribution in [2.24, 2.45) is 5.16 Å². The number of nitrogens with zero attached hydrogens (tertiary/aromatic N) is 1. The molecule has 0 saturated heterocycles. The number of aryl methyl sites for hydroxylation is 1. The lowest BCUT2D eigenvalue weighted by molar-refractivity contribution is -0.144. The van der Waals surface area contributed by atoms with Gasteiger partial charge >= 0.3 is 5.97 Å². The first kappa shape index (κ1) is 20.1. The fourth-order valence-corrected chi connectivity index (χ4v) is 2.69. The number of carbonyl (C=O) groups excluding carboxylic acids is 2. The molecule has 3 rings (SSSR count). The van der Waals surface area contributed by atoms with Crippen molar-refractivity contribution in [3.63, 3.8) is 0 Å². The summed E-state index contributed by atoms with van der Waals surface area (Å²) >= 11 is 0.